The van der Waals surface area contributed by atoms with Crippen LogP contribution in [0.4, 0.5) is 0 Å². The number of hydrogen-bond donors (Lipinski definition) is 1. The largest absolute Gasteiger partial charge is 0.469 e. The third-order valence-electron chi connectivity index (χ3n) is 2.90. The summed E-state index contributed by atoms with van der Waals surface area (Å²) in [7, 11) is 1.30. The van der Waals surface area contributed by atoms with E-state index >= 15 is 0 Å². The molecular weight excluding hydrogens is 308 g/mol. The molecule has 7 nitrogen and oxygen atoms in total. The van der Waals surface area contributed by atoms with Crippen molar-refractivity contribution in [3.63, 3.8) is 0 Å². The summed E-state index contributed by atoms with van der Waals surface area (Å²) in [6, 6.07) is 7.38. The smallest absolute Gasteiger partial charge is 0.307 e. The monoisotopic (exact) mass is 322 g/mol. The number of nitrogens with zero attached hydrogens (tertiary/aromatic N) is 3. The van der Waals surface area contributed by atoms with Gasteiger partial charge in [-0.2, -0.15) is 0 Å². The molecule has 1 amide bonds. The molecule has 2 rings (SSSR count). The SMILES string of the molecule is COC(=O)CCNC(=O)c1cn(Cc2ccccc2Cl)nn1. The molecule has 0 atom stereocenters. The number of esters is 1. The van der Waals surface area contributed by atoms with Crippen molar-refractivity contribution in [1.82, 2.24) is 20.3 Å². The Morgan fingerprint density at radius 1 is 1.36 bits per heavy atom. The minimum absolute atomic E-state index is 0.107. The van der Waals surface area contributed by atoms with Crippen LogP contribution >= 0.6 is 11.6 Å². The second kappa shape index (κ2) is 7.56. The summed E-state index contributed by atoms with van der Waals surface area (Å²) < 4.78 is 6.01. The first kappa shape index (κ1) is 16.0. The lowest BCUT2D eigenvalue weighted by Gasteiger charge is -2.03. The minimum atomic E-state index is -0.394. The van der Waals surface area contributed by atoms with Crippen molar-refractivity contribution in [3.8, 4) is 0 Å². The molecule has 1 aromatic heterocycles. The number of nitrogens with one attached hydrogen (secondary N) is 1. The van der Waals surface area contributed by atoms with Crippen LogP contribution in [0.25, 0.3) is 0 Å². The summed E-state index contributed by atoms with van der Waals surface area (Å²) in [6.45, 7) is 0.602. The van der Waals surface area contributed by atoms with Crippen LogP contribution in [0.2, 0.25) is 5.02 Å². The fraction of sp³-hybridized carbons (Fsp3) is 0.286. The second-order valence-electron chi connectivity index (χ2n) is 4.47. The lowest BCUT2D eigenvalue weighted by molar-refractivity contribution is -0.140. The Morgan fingerprint density at radius 2 is 2.14 bits per heavy atom. The van der Waals surface area contributed by atoms with Gasteiger partial charge < -0.3 is 10.1 Å². The highest BCUT2D eigenvalue weighted by molar-refractivity contribution is 6.31. The number of amides is 1. The van der Waals surface area contributed by atoms with Crippen molar-refractivity contribution in [1.29, 1.82) is 0 Å². The Balaban J connectivity index is 1.92. The van der Waals surface area contributed by atoms with E-state index < -0.39 is 5.91 Å². The van der Waals surface area contributed by atoms with Gasteiger partial charge in [-0.1, -0.05) is 35.0 Å². The van der Waals surface area contributed by atoms with Crippen molar-refractivity contribution in [2.24, 2.45) is 0 Å². The Kier molecular flexibility index (Phi) is 5.48. The van der Waals surface area contributed by atoms with Crippen LogP contribution in [0.1, 0.15) is 22.5 Å². The maximum atomic E-state index is 11.8. The van der Waals surface area contributed by atoms with Gasteiger partial charge in [-0.3, -0.25) is 9.59 Å². The zero-order valence-electron chi connectivity index (χ0n) is 12.0. The number of hydrogen-bond acceptors (Lipinski definition) is 5. The number of rotatable bonds is 6. The van der Waals surface area contributed by atoms with Crippen molar-refractivity contribution in [2.45, 2.75) is 13.0 Å². The molecule has 0 saturated heterocycles. The Labute approximate surface area is 132 Å². The zero-order chi connectivity index (χ0) is 15.9. The van der Waals surface area contributed by atoms with Crippen molar-refractivity contribution in [2.75, 3.05) is 13.7 Å². The Bertz CT molecular complexity index is 672. The van der Waals surface area contributed by atoms with Gasteiger partial charge in [-0.15, -0.1) is 5.10 Å². The zero-order valence-corrected chi connectivity index (χ0v) is 12.7. The van der Waals surface area contributed by atoms with Gasteiger partial charge in [0, 0.05) is 11.6 Å². The lowest BCUT2D eigenvalue weighted by atomic mass is 10.2. The van der Waals surface area contributed by atoms with Crippen LogP contribution in [0, 0.1) is 0 Å². The minimum Gasteiger partial charge on any atom is -0.469 e. The molecule has 8 heteroatoms. The highest BCUT2D eigenvalue weighted by Gasteiger charge is 2.11. The molecule has 0 spiro atoms. The van der Waals surface area contributed by atoms with Crippen molar-refractivity contribution < 1.29 is 14.3 Å². The number of aromatic nitrogens is 3. The molecule has 0 aliphatic carbocycles. The summed E-state index contributed by atoms with van der Waals surface area (Å²) in [5, 5.41) is 10.9. The maximum absolute atomic E-state index is 11.8. The van der Waals surface area contributed by atoms with E-state index in [2.05, 4.69) is 20.4 Å². The van der Waals surface area contributed by atoms with Gasteiger partial charge in [0.25, 0.3) is 5.91 Å². The number of ether oxygens (including phenoxy) is 1. The van der Waals surface area contributed by atoms with Crippen LogP contribution in [0.3, 0.4) is 0 Å². The van der Waals surface area contributed by atoms with Gasteiger partial charge in [0.05, 0.1) is 26.3 Å². The molecule has 1 heterocycles. The second-order valence-corrected chi connectivity index (χ2v) is 4.88. The first-order valence-electron chi connectivity index (χ1n) is 6.58. The predicted molar refractivity (Wildman–Crippen MR) is 79.5 cm³/mol. The first-order valence-corrected chi connectivity index (χ1v) is 6.96. The fourth-order valence-electron chi connectivity index (χ4n) is 1.75. The summed E-state index contributed by atoms with van der Waals surface area (Å²) in [4.78, 5) is 22.8. The van der Waals surface area contributed by atoms with Gasteiger partial charge in [0.15, 0.2) is 5.69 Å². The van der Waals surface area contributed by atoms with Gasteiger partial charge in [-0.05, 0) is 11.6 Å². The summed E-state index contributed by atoms with van der Waals surface area (Å²) in [5.74, 6) is -0.781. The average Bonchev–Trinajstić information content (AvgIpc) is 2.98. The van der Waals surface area contributed by atoms with Crippen LogP contribution in [0.5, 0.6) is 0 Å². The molecule has 0 aliphatic heterocycles. The molecule has 116 valence electrons. The number of methoxy groups -OCH3 is 1. The van der Waals surface area contributed by atoms with Gasteiger partial charge in [0.1, 0.15) is 0 Å². The van der Waals surface area contributed by atoms with E-state index in [4.69, 9.17) is 11.6 Å². The molecule has 2 aromatic rings. The molecule has 0 aliphatic rings. The number of carbonyl (C=O) groups is 2. The van der Waals surface area contributed by atoms with Crippen LogP contribution in [0.15, 0.2) is 30.5 Å². The van der Waals surface area contributed by atoms with E-state index in [1.54, 1.807) is 6.07 Å². The summed E-state index contributed by atoms with van der Waals surface area (Å²) in [5.41, 5.74) is 1.06. The van der Waals surface area contributed by atoms with Crippen molar-refractivity contribution >= 4 is 23.5 Å². The predicted octanol–water partition coefficient (Wildman–Crippen LogP) is 1.27. The third-order valence-corrected chi connectivity index (χ3v) is 3.27. The average molecular weight is 323 g/mol. The molecule has 0 unspecified atom stereocenters. The number of carbonyl (C=O) groups excluding carboxylic acids is 2. The molecule has 0 bridgehead atoms. The first-order chi connectivity index (χ1) is 10.6. The van der Waals surface area contributed by atoms with E-state index in [9.17, 15) is 9.59 Å². The quantitative estimate of drug-likeness (QED) is 0.809. The number of halogens is 1. The fourth-order valence-corrected chi connectivity index (χ4v) is 1.95. The van der Waals surface area contributed by atoms with Gasteiger partial charge in [0.2, 0.25) is 0 Å². The van der Waals surface area contributed by atoms with Crippen molar-refractivity contribution in [3.05, 3.63) is 46.7 Å². The molecule has 0 saturated carbocycles. The van der Waals surface area contributed by atoms with E-state index in [0.29, 0.717) is 11.6 Å². The Hall–Kier alpha value is -2.41. The van der Waals surface area contributed by atoms with Gasteiger partial charge in [-0.25, -0.2) is 4.68 Å². The molecule has 22 heavy (non-hydrogen) atoms. The normalized spacial score (nSPS) is 10.3. The van der Waals surface area contributed by atoms with Crippen LogP contribution in [-0.4, -0.2) is 40.5 Å². The highest BCUT2D eigenvalue weighted by atomic mass is 35.5. The number of benzene rings is 1. The summed E-state index contributed by atoms with van der Waals surface area (Å²) >= 11 is 6.07. The molecule has 1 N–H and O–H groups in total. The lowest BCUT2D eigenvalue weighted by Crippen LogP contribution is -2.26. The van der Waals surface area contributed by atoms with E-state index in [0.717, 1.165) is 5.56 Å². The third kappa shape index (κ3) is 4.29. The standard InChI is InChI=1S/C14H15ClN4O3/c1-22-13(20)6-7-16-14(21)12-9-19(18-17-12)8-10-4-2-3-5-11(10)15/h2-5,9H,6-8H2,1H3,(H,16,21). The van der Waals surface area contributed by atoms with E-state index in [-0.39, 0.29) is 24.6 Å². The molecule has 1 aromatic carbocycles. The molecular formula is C14H15ClN4O3. The van der Waals surface area contributed by atoms with Crippen LogP contribution in [-0.2, 0) is 16.1 Å². The van der Waals surface area contributed by atoms with Crippen LogP contribution < -0.4 is 5.32 Å². The van der Waals surface area contributed by atoms with E-state index in [1.165, 1.54) is 18.0 Å². The van der Waals surface area contributed by atoms with Gasteiger partial charge >= 0.3 is 5.97 Å². The Morgan fingerprint density at radius 3 is 2.86 bits per heavy atom. The maximum Gasteiger partial charge on any atom is 0.307 e. The molecule has 0 radical (unpaired) electrons. The highest BCUT2D eigenvalue weighted by Crippen LogP contribution is 2.15. The summed E-state index contributed by atoms with van der Waals surface area (Å²) in [6.07, 6.45) is 1.63. The molecule has 0 fully saturated rings. The van der Waals surface area contributed by atoms with E-state index in [1.807, 2.05) is 18.2 Å². The topological polar surface area (TPSA) is 86.1 Å².